The summed E-state index contributed by atoms with van der Waals surface area (Å²) < 4.78 is 0. The van der Waals surface area contributed by atoms with E-state index in [0.29, 0.717) is 22.6 Å². The number of nitrogens with two attached hydrogens (primary N) is 1. The van der Waals surface area contributed by atoms with Gasteiger partial charge in [-0.05, 0) is 48.2 Å². The summed E-state index contributed by atoms with van der Waals surface area (Å²) in [7, 11) is 0. The fraction of sp³-hybridized carbons (Fsp3) is 0.225. The second-order valence-electron chi connectivity index (χ2n) is 13.0. The van der Waals surface area contributed by atoms with Crippen LogP contribution >= 0.6 is 0 Å². The summed E-state index contributed by atoms with van der Waals surface area (Å²) in [5.74, 6) is -7.34. The average molecular weight is 749 g/mol. The average Bonchev–Trinajstić information content (AvgIpc) is 3.36. The number of carbonyl (C=O) groups excluding carboxylic acids is 5. The molecule has 4 aromatic carbocycles. The van der Waals surface area contributed by atoms with E-state index in [4.69, 9.17) is 5.73 Å². The number of ketones is 1. The summed E-state index contributed by atoms with van der Waals surface area (Å²) in [5.41, 5.74) is 2.76. The minimum absolute atomic E-state index is 0.0988. The first-order valence-corrected chi connectivity index (χ1v) is 17.2. The van der Waals surface area contributed by atoms with Gasteiger partial charge in [-0.2, -0.15) is 0 Å². The number of hydrogen-bond acceptors (Lipinski definition) is 8. The fourth-order valence-corrected chi connectivity index (χ4v) is 6.51. The molecule has 15 heteroatoms. The SMILES string of the molecule is CC(=O)[C@@](C(=O)O)(N1C(=O)N(Cc2ccccc2)[C@](C)(c2ccc(CNC(=O)NCc3ccccc3)cc2)C1=O)N(C(=O)[C@@H](N)CC(=O)O)c1ccccc1. The Morgan fingerprint density at radius 1 is 0.764 bits per heavy atom. The number of anilines is 1. The molecule has 0 aromatic heterocycles. The molecule has 0 radical (unpaired) electrons. The number of para-hydroxylation sites is 1. The van der Waals surface area contributed by atoms with Crippen LogP contribution in [0.3, 0.4) is 0 Å². The highest BCUT2D eigenvalue weighted by Crippen LogP contribution is 2.44. The number of hydrogen-bond donors (Lipinski definition) is 5. The molecule has 1 heterocycles. The van der Waals surface area contributed by atoms with Crippen LogP contribution in [0.25, 0.3) is 0 Å². The van der Waals surface area contributed by atoms with Gasteiger partial charge in [-0.15, -0.1) is 0 Å². The third kappa shape index (κ3) is 7.77. The van der Waals surface area contributed by atoms with Gasteiger partial charge in [0.05, 0.1) is 12.5 Å². The van der Waals surface area contributed by atoms with Crippen molar-refractivity contribution in [2.45, 2.75) is 57.1 Å². The molecule has 0 spiro atoms. The molecule has 55 heavy (non-hydrogen) atoms. The number of imide groups is 1. The first kappa shape index (κ1) is 39.3. The lowest BCUT2D eigenvalue weighted by atomic mass is 9.88. The number of Topliss-reactive ketones (excluding diaryl/α,β-unsaturated/α-hetero) is 1. The minimum atomic E-state index is -3.35. The zero-order valence-electron chi connectivity index (χ0n) is 30.0. The number of urea groups is 2. The largest absolute Gasteiger partial charge is 0.481 e. The van der Waals surface area contributed by atoms with Crippen molar-refractivity contribution in [3.8, 4) is 0 Å². The molecule has 0 saturated carbocycles. The first-order chi connectivity index (χ1) is 26.2. The Kier molecular flexibility index (Phi) is 11.8. The molecule has 1 fully saturated rings. The molecule has 15 nitrogen and oxygen atoms in total. The molecule has 1 aliphatic heterocycles. The van der Waals surface area contributed by atoms with E-state index < -0.39 is 65.3 Å². The van der Waals surface area contributed by atoms with Crippen molar-refractivity contribution in [2.24, 2.45) is 5.73 Å². The molecule has 1 saturated heterocycles. The van der Waals surface area contributed by atoms with Crippen molar-refractivity contribution < 1.29 is 43.8 Å². The summed E-state index contributed by atoms with van der Waals surface area (Å²) in [5, 5.41) is 26.0. The van der Waals surface area contributed by atoms with Crippen LogP contribution in [0.1, 0.15) is 42.5 Å². The quantitative estimate of drug-likeness (QED) is 0.0879. The summed E-state index contributed by atoms with van der Waals surface area (Å²) in [6.45, 7) is 2.40. The number of aliphatic carboxylic acids is 2. The summed E-state index contributed by atoms with van der Waals surface area (Å²) in [6.07, 6.45) is -0.953. The molecule has 0 aliphatic carbocycles. The summed E-state index contributed by atoms with van der Waals surface area (Å²) in [4.78, 5) is 97.3. The molecule has 4 aromatic rings. The molecule has 6 N–H and O–H groups in total. The zero-order valence-corrected chi connectivity index (χ0v) is 30.0. The Bertz CT molecular complexity index is 2070. The van der Waals surface area contributed by atoms with E-state index in [1.165, 1.54) is 31.2 Å². The maximum Gasteiger partial charge on any atom is 0.360 e. The second-order valence-corrected chi connectivity index (χ2v) is 13.0. The zero-order chi connectivity index (χ0) is 39.9. The number of benzene rings is 4. The third-order valence-corrected chi connectivity index (χ3v) is 9.41. The van der Waals surface area contributed by atoms with Crippen LogP contribution in [0.5, 0.6) is 0 Å². The van der Waals surface area contributed by atoms with Gasteiger partial charge in [0.15, 0.2) is 5.78 Å². The molecule has 1 aliphatic rings. The van der Waals surface area contributed by atoms with Crippen molar-refractivity contribution in [3.63, 3.8) is 0 Å². The van der Waals surface area contributed by atoms with Crippen LogP contribution in [-0.4, -0.2) is 73.3 Å². The Morgan fingerprint density at radius 2 is 1.25 bits per heavy atom. The lowest BCUT2D eigenvalue weighted by Gasteiger charge is -2.43. The second kappa shape index (κ2) is 16.4. The number of carbonyl (C=O) groups is 7. The summed E-state index contributed by atoms with van der Waals surface area (Å²) >= 11 is 0. The molecule has 6 amide bonds. The Labute approximate surface area is 316 Å². The standard InChI is InChI=1S/C40H40N6O9/c1-26(47)40(36(52)53,45(31-16-10-5-11-17-31)34(50)32(41)22-33(48)49)46-35(51)39(2,44(38(46)55)25-29-14-8-4-9-15-29)30-20-18-28(19-21-30)24-43-37(54)42-23-27-12-6-3-7-13-27/h3-21,32H,22-25,41H2,1-2H3,(H,48,49)(H,52,53)(H2,42,43,54)/t32-,39+,40-/m0/s1. The Balaban J connectivity index is 1.57. The maximum atomic E-state index is 15.0. The van der Waals surface area contributed by atoms with E-state index in [2.05, 4.69) is 10.6 Å². The number of carboxylic acid groups (broad SMARTS) is 2. The lowest BCUT2D eigenvalue weighted by molar-refractivity contribution is -0.162. The van der Waals surface area contributed by atoms with Crippen LogP contribution in [0.2, 0.25) is 0 Å². The van der Waals surface area contributed by atoms with Gasteiger partial charge in [0, 0.05) is 25.3 Å². The third-order valence-electron chi connectivity index (χ3n) is 9.41. The van der Waals surface area contributed by atoms with Crippen molar-refractivity contribution >= 4 is 47.3 Å². The van der Waals surface area contributed by atoms with Gasteiger partial charge in [0.1, 0.15) is 5.54 Å². The predicted octanol–water partition coefficient (Wildman–Crippen LogP) is 3.57. The molecule has 284 valence electrons. The van der Waals surface area contributed by atoms with Crippen LogP contribution in [-0.2, 0) is 49.1 Å². The monoisotopic (exact) mass is 748 g/mol. The van der Waals surface area contributed by atoms with Gasteiger partial charge >= 0.3 is 24.0 Å². The number of rotatable bonds is 15. The van der Waals surface area contributed by atoms with Gasteiger partial charge < -0.3 is 31.5 Å². The number of nitrogens with one attached hydrogen (secondary N) is 2. The predicted molar refractivity (Wildman–Crippen MR) is 199 cm³/mol. The molecule has 5 rings (SSSR count). The van der Waals surface area contributed by atoms with E-state index in [1.807, 2.05) is 30.3 Å². The van der Waals surface area contributed by atoms with Crippen molar-refractivity contribution in [1.82, 2.24) is 20.4 Å². The minimum Gasteiger partial charge on any atom is -0.481 e. The van der Waals surface area contributed by atoms with Crippen LogP contribution < -0.4 is 21.3 Å². The molecular formula is C40H40N6O9. The maximum absolute atomic E-state index is 15.0. The van der Waals surface area contributed by atoms with Gasteiger partial charge in [-0.1, -0.05) is 103 Å². The summed E-state index contributed by atoms with van der Waals surface area (Å²) in [6, 6.07) is 27.7. The normalized spacial score (nSPS) is 16.9. The van der Waals surface area contributed by atoms with E-state index in [1.54, 1.807) is 60.7 Å². The molecule has 3 atom stereocenters. The van der Waals surface area contributed by atoms with Gasteiger partial charge in [-0.3, -0.25) is 24.1 Å². The number of amides is 6. The first-order valence-electron chi connectivity index (χ1n) is 17.2. The fourth-order valence-electron chi connectivity index (χ4n) is 6.51. The van der Waals surface area contributed by atoms with Crippen LogP contribution in [0.15, 0.2) is 115 Å². The van der Waals surface area contributed by atoms with Gasteiger partial charge in [0.25, 0.3) is 11.6 Å². The van der Waals surface area contributed by atoms with Gasteiger partial charge in [-0.25, -0.2) is 19.3 Å². The Hall–Kier alpha value is -6.87. The van der Waals surface area contributed by atoms with Crippen molar-refractivity contribution in [3.05, 3.63) is 138 Å². The molecule has 0 bridgehead atoms. The highest BCUT2D eigenvalue weighted by molar-refractivity contribution is 6.24. The van der Waals surface area contributed by atoms with Gasteiger partial charge in [0.2, 0.25) is 5.91 Å². The lowest BCUT2D eigenvalue weighted by Crippen LogP contribution is -2.74. The Morgan fingerprint density at radius 3 is 1.75 bits per heavy atom. The number of carboxylic acids is 2. The highest BCUT2D eigenvalue weighted by Gasteiger charge is 2.69. The van der Waals surface area contributed by atoms with Crippen LogP contribution in [0, 0.1) is 0 Å². The van der Waals surface area contributed by atoms with Crippen molar-refractivity contribution in [1.29, 1.82) is 0 Å². The molecular weight excluding hydrogens is 708 g/mol. The van der Waals surface area contributed by atoms with E-state index >= 15 is 4.79 Å². The number of nitrogens with zero attached hydrogens (tertiary/aromatic N) is 3. The van der Waals surface area contributed by atoms with Crippen LogP contribution in [0.4, 0.5) is 15.3 Å². The smallest absolute Gasteiger partial charge is 0.360 e. The highest BCUT2D eigenvalue weighted by atomic mass is 16.4. The van der Waals surface area contributed by atoms with E-state index in [0.717, 1.165) is 17.4 Å². The van der Waals surface area contributed by atoms with E-state index in [9.17, 15) is 39.0 Å². The van der Waals surface area contributed by atoms with E-state index in [-0.39, 0.29) is 29.2 Å². The topological polar surface area (TPSA) is 220 Å². The van der Waals surface area contributed by atoms with Crippen molar-refractivity contribution in [2.75, 3.05) is 4.90 Å². The molecule has 0 unspecified atom stereocenters.